The summed E-state index contributed by atoms with van der Waals surface area (Å²) in [5, 5.41) is 22.4. The number of para-hydroxylation sites is 1. The van der Waals surface area contributed by atoms with Crippen molar-refractivity contribution in [2.45, 2.75) is 18.9 Å². The highest BCUT2D eigenvalue weighted by atomic mass is 16.3. The molecule has 1 aliphatic heterocycles. The highest BCUT2D eigenvalue weighted by molar-refractivity contribution is 5.35. The summed E-state index contributed by atoms with van der Waals surface area (Å²) < 4.78 is 0. The van der Waals surface area contributed by atoms with Crippen LogP contribution in [0.15, 0.2) is 24.3 Å². The van der Waals surface area contributed by atoms with Crippen LogP contribution < -0.4 is 5.32 Å². The monoisotopic (exact) mass is 207 g/mol. The molecule has 0 saturated carbocycles. The van der Waals surface area contributed by atoms with Gasteiger partial charge in [-0.1, -0.05) is 18.2 Å². The number of piperidine rings is 1. The average Bonchev–Trinajstić information content (AvgIpc) is 2.30. The molecular weight excluding hydrogens is 190 g/mol. The van der Waals surface area contributed by atoms with Crippen molar-refractivity contribution in [3.05, 3.63) is 29.8 Å². The average molecular weight is 207 g/mol. The van der Waals surface area contributed by atoms with Crippen LogP contribution >= 0.6 is 0 Å². The zero-order valence-corrected chi connectivity index (χ0v) is 8.69. The van der Waals surface area contributed by atoms with Crippen LogP contribution in [0.4, 0.5) is 0 Å². The number of aliphatic hydroxyl groups is 1. The summed E-state index contributed by atoms with van der Waals surface area (Å²) in [6.45, 7) is 1.13. The van der Waals surface area contributed by atoms with E-state index in [-0.39, 0.29) is 18.6 Å². The maximum atomic E-state index is 9.75. The minimum atomic E-state index is 0.0879. The SMILES string of the molecule is OCC1CCCNC1c1ccccc1O. The fourth-order valence-corrected chi connectivity index (χ4v) is 2.27. The number of aliphatic hydroxyl groups excluding tert-OH is 1. The van der Waals surface area contributed by atoms with Gasteiger partial charge in [0.2, 0.25) is 0 Å². The Bertz CT molecular complexity index is 327. The number of hydrogen-bond acceptors (Lipinski definition) is 3. The second-order valence-electron chi connectivity index (χ2n) is 4.08. The van der Waals surface area contributed by atoms with Crippen molar-refractivity contribution in [1.29, 1.82) is 0 Å². The Morgan fingerprint density at radius 2 is 2.13 bits per heavy atom. The van der Waals surface area contributed by atoms with Gasteiger partial charge in [0.1, 0.15) is 5.75 Å². The van der Waals surface area contributed by atoms with Crippen LogP contribution in [0.1, 0.15) is 24.4 Å². The van der Waals surface area contributed by atoms with Gasteiger partial charge < -0.3 is 15.5 Å². The molecule has 1 aromatic rings. The Labute approximate surface area is 89.8 Å². The first-order valence-electron chi connectivity index (χ1n) is 5.45. The van der Waals surface area contributed by atoms with Crippen LogP contribution in [0.25, 0.3) is 0 Å². The van der Waals surface area contributed by atoms with Crippen molar-refractivity contribution in [2.24, 2.45) is 5.92 Å². The van der Waals surface area contributed by atoms with Gasteiger partial charge in [0.05, 0.1) is 0 Å². The quantitative estimate of drug-likeness (QED) is 0.687. The van der Waals surface area contributed by atoms with Crippen LogP contribution in [0.5, 0.6) is 5.75 Å². The standard InChI is InChI=1S/C12H17NO2/c14-8-9-4-3-7-13-12(9)10-5-1-2-6-11(10)15/h1-2,5-6,9,12-15H,3-4,7-8H2. The minimum Gasteiger partial charge on any atom is -0.508 e. The van der Waals surface area contributed by atoms with Crippen molar-refractivity contribution in [3.63, 3.8) is 0 Å². The predicted octanol–water partition coefficient (Wildman–Crippen LogP) is 1.43. The first-order chi connectivity index (χ1) is 7.33. The lowest BCUT2D eigenvalue weighted by Gasteiger charge is -2.32. The molecule has 1 aromatic carbocycles. The molecule has 2 atom stereocenters. The van der Waals surface area contributed by atoms with E-state index in [1.54, 1.807) is 6.07 Å². The highest BCUT2D eigenvalue weighted by Crippen LogP contribution is 2.33. The smallest absolute Gasteiger partial charge is 0.120 e. The number of rotatable bonds is 2. The van der Waals surface area contributed by atoms with E-state index in [1.165, 1.54) is 0 Å². The minimum absolute atomic E-state index is 0.0879. The van der Waals surface area contributed by atoms with Crippen molar-refractivity contribution >= 4 is 0 Å². The van der Waals surface area contributed by atoms with Crippen LogP contribution in [0.3, 0.4) is 0 Å². The molecule has 0 bridgehead atoms. The van der Waals surface area contributed by atoms with Crippen LogP contribution in [-0.4, -0.2) is 23.4 Å². The maximum Gasteiger partial charge on any atom is 0.120 e. The Hall–Kier alpha value is -1.06. The Kier molecular flexibility index (Phi) is 3.23. The normalized spacial score (nSPS) is 26.5. The molecule has 3 heteroatoms. The molecule has 0 spiro atoms. The van der Waals surface area contributed by atoms with Gasteiger partial charge >= 0.3 is 0 Å². The molecule has 2 unspecified atom stereocenters. The zero-order valence-electron chi connectivity index (χ0n) is 8.69. The van der Waals surface area contributed by atoms with E-state index < -0.39 is 0 Å². The summed E-state index contributed by atoms with van der Waals surface area (Å²) in [5.41, 5.74) is 0.899. The molecule has 0 aliphatic carbocycles. The molecule has 1 heterocycles. The summed E-state index contributed by atoms with van der Waals surface area (Å²) in [5.74, 6) is 0.530. The van der Waals surface area contributed by atoms with Gasteiger partial charge in [-0.3, -0.25) is 0 Å². The van der Waals surface area contributed by atoms with E-state index in [4.69, 9.17) is 0 Å². The number of phenols is 1. The van der Waals surface area contributed by atoms with E-state index in [0.717, 1.165) is 24.9 Å². The predicted molar refractivity (Wildman–Crippen MR) is 58.7 cm³/mol. The number of benzene rings is 1. The van der Waals surface area contributed by atoms with E-state index >= 15 is 0 Å². The van der Waals surface area contributed by atoms with Gasteiger partial charge in [-0.25, -0.2) is 0 Å². The van der Waals surface area contributed by atoms with Crippen molar-refractivity contribution < 1.29 is 10.2 Å². The Balaban J connectivity index is 2.24. The molecule has 1 aliphatic rings. The summed E-state index contributed by atoms with van der Waals surface area (Å²) in [6, 6.07) is 7.43. The third-order valence-corrected chi connectivity index (χ3v) is 3.09. The van der Waals surface area contributed by atoms with Crippen LogP contribution in [-0.2, 0) is 0 Å². The van der Waals surface area contributed by atoms with Crippen LogP contribution in [0.2, 0.25) is 0 Å². The van der Waals surface area contributed by atoms with Crippen molar-refractivity contribution in [3.8, 4) is 5.75 Å². The Morgan fingerprint density at radius 1 is 1.33 bits per heavy atom. The Morgan fingerprint density at radius 3 is 2.87 bits per heavy atom. The molecule has 0 aromatic heterocycles. The molecule has 3 N–H and O–H groups in total. The lowest BCUT2D eigenvalue weighted by molar-refractivity contribution is 0.158. The topological polar surface area (TPSA) is 52.5 Å². The van der Waals surface area contributed by atoms with E-state index in [0.29, 0.717) is 5.75 Å². The largest absolute Gasteiger partial charge is 0.508 e. The van der Waals surface area contributed by atoms with E-state index in [2.05, 4.69) is 5.32 Å². The third-order valence-electron chi connectivity index (χ3n) is 3.09. The second-order valence-corrected chi connectivity index (χ2v) is 4.08. The molecule has 15 heavy (non-hydrogen) atoms. The summed E-state index contributed by atoms with van der Waals surface area (Å²) in [4.78, 5) is 0. The third kappa shape index (κ3) is 2.13. The molecule has 3 nitrogen and oxygen atoms in total. The van der Waals surface area contributed by atoms with Gasteiger partial charge in [-0.2, -0.15) is 0 Å². The first kappa shape index (κ1) is 10.5. The molecule has 82 valence electrons. The molecule has 0 radical (unpaired) electrons. The molecule has 2 rings (SSSR count). The summed E-state index contributed by atoms with van der Waals surface area (Å²) in [7, 11) is 0. The lowest BCUT2D eigenvalue weighted by atomic mass is 9.86. The van der Waals surface area contributed by atoms with Gasteiger partial charge in [-0.05, 0) is 25.5 Å². The summed E-state index contributed by atoms with van der Waals surface area (Å²) >= 11 is 0. The fourth-order valence-electron chi connectivity index (χ4n) is 2.27. The van der Waals surface area contributed by atoms with E-state index in [1.807, 2.05) is 18.2 Å². The van der Waals surface area contributed by atoms with Gasteiger partial charge in [0, 0.05) is 24.1 Å². The number of phenolic OH excluding ortho intramolecular Hbond substituents is 1. The number of hydrogen-bond donors (Lipinski definition) is 3. The number of aromatic hydroxyl groups is 1. The van der Waals surface area contributed by atoms with Crippen molar-refractivity contribution in [1.82, 2.24) is 5.32 Å². The van der Waals surface area contributed by atoms with Crippen LogP contribution in [0, 0.1) is 5.92 Å². The first-order valence-corrected chi connectivity index (χ1v) is 5.45. The van der Waals surface area contributed by atoms with Gasteiger partial charge in [-0.15, -0.1) is 0 Å². The lowest BCUT2D eigenvalue weighted by Crippen LogP contribution is -2.35. The highest BCUT2D eigenvalue weighted by Gasteiger charge is 2.26. The molecule has 1 fully saturated rings. The molecular formula is C12H17NO2. The summed E-state index contributed by atoms with van der Waals surface area (Å²) in [6.07, 6.45) is 2.11. The van der Waals surface area contributed by atoms with Gasteiger partial charge in [0.15, 0.2) is 0 Å². The van der Waals surface area contributed by atoms with Crippen molar-refractivity contribution in [2.75, 3.05) is 13.2 Å². The second kappa shape index (κ2) is 4.64. The molecule has 0 amide bonds. The fraction of sp³-hybridized carbons (Fsp3) is 0.500. The van der Waals surface area contributed by atoms with Gasteiger partial charge in [0.25, 0.3) is 0 Å². The molecule has 1 saturated heterocycles. The maximum absolute atomic E-state index is 9.75. The van der Waals surface area contributed by atoms with E-state index in [9.17, 15) is 10.2 Å². The number of nitrogens with one attached hydrogen (secondary N) is 1. The zero-order chi connectivity index (χ0) is 10.7.